The van der Waals surface area contributed by atoms with E-state index in [0.717, 1.165) is 12.8 Å². The Labute approximate surface area is 123 Å². The van der Waals surface area contributed by atoms with Crippen LogP contribution >= 0.6 is 0 Å². The molecule has 0 heterocycles. The maximum absolute atomic E-state index is 11.7. The first kappa shape index (κ1) is 15.2. The van der Waals surface area contributed by atoms with Gasteiger partial charge in [-0.1, -0.05) is 31.4 Å². The predicted molar refractivity (Wildman–Crippen MR) is 80.0 cm³/mol. The summed E-state index contributed by atoms with van der Waals surface area (Å²) < 4.78 is 0. The third-order valence-electron chi connectivity index (χ3n) is 3.68. The van der Waals surface area contributed by atoms with E-state index in [9.17, 15) is 14.9 Å². The molecule has 1 N–H and O–H groups in total. The van der Waals surface area contributed by atoms with Gasteiger partial charge in [-0.05, 0) is 18.8 Å². The lowest BCUT2D eigenvalue weighted by Crippen LogP contribution is -2.22. The summed E-state index contributed by atoms with van der Waals surface area (Å²) in [6.07, 6.45) is 7.83. The van der Waals surface area contributed by atoms with Gasteiger partial charge in [0.2, 0.25) is 5.91 Å². The maximum Gasteiger partial charge on any atom is 0.270 e. The Morgan fingerprint density at radius 2 is 2.14 bits per heavy atom. The fourth-order valence-corrected chi connectivity index (χ4v) is 2.60. The molecule has 1 aliphatic rings. The monoisotopic (exact) mass is 289 g/mol. The first-order valence-electron chi connectivity index (χ1n) is 7.21. The smallest absolute Gasteiger partial charge is 0.270 e. The molecule has 0 radical (unpaired) electrons. The average molecular weight is 289 g/mol. The fraction of sp³-hybridized carbons (Fsp3) is 0.467. The Bertz CT molecular complexity index is 537. The number of carbonyl (C=O) groups is 1. The quantitative estimate of drug-likeness (QED) is 0.513. The SMILES string of the molecule is O=C(CC1CCCCC1)NN=Cc1cccc([N+](=O)[O-])c1. The highest BCUT2D eigenvalue weighted by atomic mass is 16.6. The highest BCUT2D eigenvalue weighted by Gasteiger charge is 2.16. The van der Waals surface area contributed by atoms with E-state index in [2.05, 4.69) is 10.5 Å². The van der Waals surface area contributed by atoms with Gasteiger partial charge in [-0.2, -0.15) is 5.10 Å². The third kappa shape index (κ3) is 4.98. The highest BCUT2D eigenvalue weighted by Crippen LogP contribution is 2.25. The number of nitrogens with one attached hydrogen (secondary N) is 1. The summed E-state index contributed by atoms with van der Waals surface area (Å²) in [4.78, 5) is 21.9. The van der Waals surface area contributed by atoms with Crippen molar-refractivity contribution in [1.82, 2.24) is 5.43 Å². The molecule has 1 aliphatic carbocycles. The maximum atomic E-state index is 11.7. The number of nitrogens with zero attached hydrogens (tertiary/aromatic N) is 2. The second-order valence-corrected chi connectivity index (χ2v) is 5.35. The van der Waals surface area contributed by atoms with Crippen LogP contribution < -0.4 is 5.43 Å². The van der Waals surface area contributed by atoms with Gasteiger partial charge in [0.15, 0.2) is 0 Å². The first-order chi connectivity index (χ1) is 10.1. The molecule has 1 amide bonds. The average Bonchev–Trinajstić information content (AvgIpc) is 2.48. The van der Waals surface area contributed by atoms with E-state index >= 15 is 0 Å². The standard InChI is InChI=1S/C15H19N3O3/c19-15(10-12-5-2-1-3-6-12)17-16-11-13-7-4-8-14(9-13)18(20)21/h4,7-9,11-12H,1-3,5-6,10H2,(H,17,19). The van der Waals surface area contributed by atoms with Gasteiger partial charge in [0, 0.05) is 24.1 Å². The van der Waals surface area contributed by atoms with Crippen LogP contribution in [0, 0.1) is 16.0 Å². The summed E-state index contributed by atoms with van der Waals surface area (Å²) in [6, 6.07) is 6.11. The van der Waals surface area contributed by atoms with Crippen molar-refractivity contribution >= 4 is 17.8 Å². The number of carbonyl (C=O) groups excluding carboxylic acids is 1. The van der Waals surface area contributed by atoms with Crippen LogP contribution in [-0.4, -0.2) is 17.0 Å². The number of hydrazone groups is 1. The van der Waals surface area contributed by atoms with Crippen LogP contribution in [0.1, 0.15) is 44.1 Å². The van der Waals surface area contributed by atoms with E-state index in [0.29, 0.717) is 17.9 Å². The third-order valence-corrected chi connectivity index (χ3v) is 3.68. The molecule has 6 nitrogen and oxygen atoms in total. The van der Waals surface area contributed by atoms with Crippen molar-refractivity contribution in [3.63, 3.8) is 0 Å². The normalized spacial score (nSPS) is 16.0. The molecule has 0 unspecified atom stereocenters. The molecule has 1 aromatic carbocycles. The Balaban J connectivity index is 1.82. The molecule has 0 aliphatic heterocycles. The lowest BCUT2D eigenvalue weighted by Gasteiger charge is -2.20. The van der Waals surface area contributed by atoms with Crippen LogP contribution in [0.5, 0.6) is 0 Å². The number of nitro groups is 1. The van der Waals surface area contributed by atoms with Crippen molar-refractivity contribution in [3.05, 3.63) is 39.9 Å². The van der Waals surface area contributed by atoms with Crippen LogP contribution in [0.3, 0.4) is 0 Å². The number of nitro benzene ring substituents is 1. The van der Waals surface area contributed by atoms with E-state index in [1.165, 1.54) is 37.6 Å². The topological polar surface area (TPSA) is 84.6 Å². The van der Waals surface area contributed by atoms with Crippen molar-refractivity contribution in [2.45, 2.75) is 38.5 Å². The molecule has 0 saturated heterocycles. The summed E-state index contributed by atoms with van der Waals surface area (Å²) in [5.74, 6) is 0.371. The van der Waals surface area contributed by atoms with Gasteiger partial charge in [-0.15, -0.1) is 0 Å². The van der Waals surface area contributed by atoms with E-state index in [4.69, 9.17) is 0 Å². The number of benzene rings is 1. The number of hydrogen-bond acceptors (Lipinski definition) is 4. The molecule has 0 atom stereocenters. The minimum Gasteiger partial charge on any atom is -0.273 e. The van der Waals surface area contributed by atoms with Crippen molar-refractivity contribution in [2.75, 3.05) is 0 Å². The van der Waals surface area contributed by atoms with Crippen molar-refractivity contribution in [3.8, 4) is 0 Å². The van der Waals surface area contributed by atoms with Gasteiger partial charge in [0.1, 0.15) is 0 Å². The number of non-ortho nitro benzene ring substituents is 1. The second kappa shape index (κ2) is 7.52. The summed E-state index contributed by atoms with van der Waals surface area (Å²) in [5.41, 5.74) is 3.08. The van der Waals surface area contributed by atoms with E-state index < -0.39 is 4.92 Å². The summed E-state index contributed by atoms with van der Waals surface area (Å²) >= 11 is 0. The van der Waals surface area contributed by atoms with Crippen LogP contribution in [-0.2, 0) is 4.79 Å². The molecule has 0 spiro atoms. The van der Waals surface area contributed by atoms with Crippen molar-refractivity contribution in [2.24, 2.45) is 11.0 Å². The molecule has 1 saturated carbocycles. The Hall–Kier alpha value is -2.24. The van der Waals surface area contributed by atoms with Crippen LogP contribution in [0.2, 0.25) is 0 Å². The van der Waals surface area contributed by atoms with Gasteiger partial charge in [-0.25, -0.2) is 5.43 Å². The highest BCUT2D eigenvalue weighted by molar-refractivity contribution is 5.83. The zero-order chi connectivity index (χ0) is 15.1. The molecular formula is C15H19N3O3. The van der Waals surface area contributed by atoms with Gasteiger partial charge in [-0.3, -0.25) is 14.9 Å². The Morgan fingerprint density at radius 1 is 1.38 bits per heavy atom. The van der Waals surface area contributed by atoms with Gasteiger partial charge >= 0.3 is 0 Å². The lowest BCUT2D eigenvalue weighted by atomic mass is 9.87. The molecule has 1 aromatic rings. The Kier molecular flexibility index (Phi) is 5.43. The van der Waals surface area contributed by atoms with Crippen LogP contribution in [0.4, 0.5) is 5.69 Å². The zero-order valence-electron chi connectivity index (χ0n) is 11.8. The minimum atomic E-state index is -0.459. The minimum absolute atomic E-state index is 0.00693. The molecule has 6 heteroatoms. The van der Waals surface area contributed by atoms with Crippen LogP contribution in [0.25, 0.3) is 0 Å². The molecule has 1 fully saturated rings. The van der Waals surface area contributed by atoms with Crippen LogP contribution in [0.15, 0.2) is 29.4 Å². The number of hydrogen-bond donors (Lipinski definition) is 1. The van der Waals surface area contributed by atoms with Gasteiger partial charge in [0.25, 0.3) is 5.69 Å². The second-order valence-electron chi connectivity index (χ2n) is 5.35. The Morgan fingerprint density at radius 3 is 2.86 bits per heavy atom. The summed E-state index contributed by atoms with van der Waals surface area (Å²) in [6.45, 7) is 0. The van der Waals surface area contributed by atoms with Crippen molar-refractivity contribution in [1.29, 1.82) is 0 Å². The number of rotatable bonds is 5. The first-order valence-corrected chi connectivity index (χ1v) is 7.21. The van der Waals surface area contributed by atoms with E-state index in [1.54, 1.807) is 12.1 Å². The molecular weight excluding hydrogens is 270 g/mol. The van der Waals surface area contributed by atoms with E-state index in [1.807, 2.05) is 0 Å². The molecule has 0 bridgehead atoms. The molecule has 112 valence electrons. The summed E-state index contributed by atoms with van der Waals surface area (Å²) in [5, 5.41) is 14.5. The van der Waals surface area contributed by atoms with Crippen molar-refractivity contribution < 1.29 is 9.72 Å². The molecule has 2 rings (SSSR count). The van der Waals surface area contributed by atoms with Gasteiger partial charge in [0.05, 0.1) is 11.1 Å². The van der Waals surface area contributed by atoms with Gasteiger partial charge < -0.3 is 0 Å². The lowest BCUT2D eigenvalue weighted by molar-refractivity contribution is -0.384. The molecule has 0 aromatic heterocycles. The zero-order valence-corrected chi connectivity index (χ0v) is 11.8. The largest absolute Gasteiger partial charge is 0.273 e. The molecule has 21 heavy (non-hydrogen) atoms. The fourth-order valence-electron chi connectivity index (χ4n) is 2.60. The summed E-state index contributed by atoms with van der Waals surface area (Å²) in [7, 11) is 0. The number of amides is 1. The predicted octanol–water partition coefficient (Wildman–Crippen LogP) is 3.02. The van der Waals surface area contributed by atoms with E-state index in [-0.39, 0.29) is 11.6 Å².